The fourth-order valence-corrected chi connectivity index (χ4v) is 4.99. The molecule has 0 spiro atoms. The first-order valence-electron chi connectivity index (χ1n) is 11.2. The van der Waals surface area contributed by atoms with Crippen LogP contribution in [0.5, 0.6) is 5.75 Å². The fourth-order valence-electron chi connectivity index (χ4n) is 4.03. The summed E-state index contributed by atoms with van der Waals surface area (Å²) in [6.07, 6.45) is 1.99. The van der Waals surface area contributed by atoms with Crippen LogP contribution in [0.25, 0.3) is 10.1 Å². The molecule has 2 aromatic carbocycles. The molecule has 3 N–H and O–H groups in total. The highest BCUT2D eigenvalue weighted by Crippen LogP contribution is 2.29. The Bertz CT molecular complexity index is 1250. The molecule has 1 aromatic heterocycles. The van der Waals surface area contributed by atoms with Crippen LogP contribution in [0.1, 0.15) is 45.7 Å². The Morgan fingerprint density at radius 3 is 2.34 bits per heavy atom. The molecule has 10 heteroatoms. The minimum Gasteiger partial charge on any atom is -0.490 e. The van der Waals surface area contributed by atoms with Crippen LogP contribution in [0.4, 0.5) is 8.78 Å². The first-order chi connectivity index (χ1) is 16.8. The Morgan fingerprint density at radius 2 is 1.66 bits per heavy atom. The minimum atomic E-state index is -0.804. The molecular weight excluding hydrogens is 478 g/mol. The number of carboxylic acid groups (broad SMARTS) is 1. The SMILES string of the molecule is O=C(NCCNC(=O)c1ccc(OC2CCC(C(=O)O)CC2)cc1F)c1cc2cc(F)ccc2s1. The van der Waals surface area contributed by atoms with E-state index in [9.17, 15) is 23.2 Å². The summed E-state index contributed by atoms with van der Waals surface area (Å²) in [6.45, 7) is 0.226. The van der Waals surface area contributed by atoms with Crippen LogP contribution >= 0.6 is 11.3 Å². The number of rotatable bonds is 8. The fraction of sp³-hybridized carbons (Fsp3) is 0.320. The average Bonchev–Trinajstić information content (AvgIpc) is 3.25. The highest BCUT2D eigenvalue weighted by molar-refractivity contribution is 7.20. The van der Waals surface area contributed by atoms with Crippen molar-refractivity contribution in [3.05, 3.63) is 64.5 Å². The summed E-state index contributed by atoms with van der Waals surface area (Å²) in [5, 5.41) is 14.9. The maximum Gasteiger partial charge on any atom is 0.306 e. The van der Waals surface area contributed by atoms with Crippen LogP contribution < -0.4 is 15.4 Å². The Morgan fingerprint density at radius 1 is 0.943 bits per heavy atom. The van der Waals surface area contributed by atoms with E-state index in [1.807, 2.05) is 0 Å². The number of thiophene rings is 1. The summed E-state index contributed by atoms with van der Waals surface area (Å²) in [7, 11) is 0. The number of hydrogen-bond acceptors (Lipinski definition) is 5. The highest BCUT2D eigenvalue weighted by Gasteiger charge is 2.27. The van der Waals surface area contributed by atoms with E-state index in [1.165, 1.54) is 35.6 Å². The van der Waals surface area contributed by atoms with Crippen molar-refractivity contribution >= 4 is 39.2 Å². The molecule has 2 amide bonds. The topological polar surface area (TPSA) is 105 Å². The van der Waals surface area contributed by atoms with Gasteiger partial charge in [0.25, 0.3) is 11.8 Å². The largest absolute Gasteiger partial charge is 0.490 e. The summed E-state index contributed by atoms with van der Waals surface area (Å²) in [6, 6.07) is 9.89. The zero-order chi connectivity index (χ0) is 24.9. The van der Waals surface area contributed by atoms with Crippen LogP contribution in [0.15, 0.2) is 42.5 Å². The number of aliphatic carboxylic acids is 1. The lowest BCUT2D eigenvalue weighted by atomic mass is 9.87. The van der Waals surface area contributed by atoms with Crippen LogP contribution in [0, 0.1) is 17.6 Å². The first kappa shape index (κ1) is 24.6. The van der Waals surface area contributed by atoms with Crippen molar-refractivity contribution in [2.45, 2.75) is 31.8 Å². The number of amides is 2. The summed E-state index contributed by atoms with van der Waals surface area (Å²) < 4.78 is 34.4. The zero-order valence-electron chi connectivity index (χ0n) is 18.7. The van der Waals surface area contributed by atoms with E-state index < -0.39 is 17.7 Å². The number of hydrogen-bond donors (Lipinski definition) is 3. The quantitative estimate of drug-likeness (QED) is 0.397. The molecule has 3 aromatic rings. The Kier molecular flexibility index (Phi) is 7.60. The molecule has 7 nitrogen and oxygen atoms in total. The molecule has 0 aliphatic heterocycles. The van der Waals surface area contributed by atoms with Gasteiger partial charge in [0.1, 0.15) is 17.4 Å². The highest BCUT2D eigenvalue weighted by atomic mass is 32.1. The molecule has 0 saturated heterocycles. The van der Waals surface area contributed by atoms with Crippen molar-refractivity contribution in [2.75, 3.05) is 13.1 Å². The smallest absolute Gasteiger partial charge is 0.306 e. The van der Waals surface area contributed by atoms with Gasteiger partial charge in [-0.2, -0.15) is 0 Å². The van der Waals surface area contributed by atoms with Crippen molar-refractivity contribution in [1.29, 1.82) is 0 Å². The zero-order valence-corrected chi connectivity index (χ0v) is 19.5. The van der Waals surface area contributed by atoms with E-state index in [0.29, 0.717) is 35.9 Å². The second kappa shape index (κ2) is 10.8. The van der Waals surface area contributed by atoms with E-state index >= 15 is 0 Å². The van der Waals surface area contributed by atoms with Crippen molar-refractivity contribution in [3.63, 3.8) is 0 Å². The normalized spacial score (nSPS) is 17.7. The molecule has 0 unspecified atom stereocenters. The van der Waals surface area contributed by atoms with Gasteiger partial charge < -0.3 is 20.5 Å². The Balaban J connectivity index is 1.23. The molecule has 0 bridgehead atoms. The number of fused-ring (bicyclic) bond motifs is 1. The van der Waals surface area contributed by atoms with Gasteiger partial charge in [-0.15, -0.1) is 11.3 Å². The summed E-state index contributed by atoms with van der Waals surface area (Å²) in [5.41, 5.74) is -0.148. The number of nitrogens with one attached hydrogen (secondary N) is 2. The van der Waals surface area contributed by atoms with Gasteiger partial charge in [0.2, 0.25) is 0 Å². The van der Waals surface area contributed by atoms with Crippen LogP contribution in [-0.2, 0) is 4.79 Å². The van der Waals surface area contributed by atoms with Gasteiger partial charge >= 0.3 is 5.97 Å². The lowest BCUT2D eigenvalue weighted by molar-refractivity contribution is -0.143. The van der Waals surface area contributed by atoms with Gasteiger partial charge in [-0.05, 0) is 67.5 Å². The molecule has 1 heterocycles. The van der Waals surface area contributed by atoms with Crippen molar-refractivity contribution < 1.29 is 33.0 Å². The molecule has 1 aliphatic carbocycles. The molecular formula is C25H24F2N2O5S. The maximum absolute atomic E-state index is 14.5. The summed E-state index contributed by atoms with van der Waals surface area (Å²) in [4.78, 5) is 36.1. The second-order valence-electron chi connectivity index (χ2n) is 8.38. The number of carbonyl (C=O) groups is 3. The van der Waals surface area contributed by atoms with Gasteiger partial charge in [-0.1, -0.05) is 0 Å². The molecule has 4 rings (SSSR count). The van der Waals surface area contributed by atoms with E-state index in [1.54, 1.807) is 12.1 Å². The second-order valence-corrected chi connectivity index (χ2v) is 9.46. The van der Waals surface area contributed by atoms with Crippen LogP contribution in [-0.4, -0.2) is 42.1 Å². The summed E-state index contributed by atoms with van der Waals surface area (Å²) >= 11 is 1.24. The van der Waals surface area contributed by atoms with Gasteiger partial charge in [0, 0.05) is 23.9 Å². The predicted octanol–water partition coefficient (Wildman–Crippen LogP) is 4.36. The molecule has 0 radical (unpaired) electrons. The van der Waals surface area contributed by atoms with Crippen molar-refractivity contribution in [3.8, 4) is 5.75 Å². The van der Waals surface area contributed by atoms with E-state index in [2.05, 4.69) is 10.6 Å². The average molecular weight is 503 g/mol. The maximum atomic E-state index is 14.5. The lowest BCUT2D eigenvalue weighted by Gasteiger charge is -2.26. The third-order valence-corrected chi connectivity index (χ3v) is 7.02. The minimum absolute atomic E-state index is 0.0919. The van der Waals surface area contributed by atoms with Gasteiger partial charge in [0.15, 0.2) is 0 Å². The van der Waals surface area contributed by atoms with Crippen molar-refractivity contribution in [2.24, 2.45) is 5.92 Å². The third-order valence-electron chi connectivity index (χ3n) is 5.91. The predicted molar refractivity (Wildman–Crippen MR) is 127 cm³/mol. The van der Waals surface area contributed by atoms with Crippen LogP contribution in [0.3, 0.4) is 0 Å². The van der Waals surface area contributed by atoms with Gasteiger partial charge in [-0.3, -0.25) is 14.4 Å². The number of carbonyl (C=O) groups excluding carboxylic acids is 2. The van der Waals surface area contributed by atoms with Crippen molar-refractivity contribution in [1.82, 2.24) is 10.6 Å². The number of carboxylic acids is 1. The molecule has 1 saturated carbocycles. The van der Waals surface area contributed by atoms with Gasteiger partial charge in [-0.25, -0.2) is 8.78 Å². The van der Waals surface area contributed by atoms with Crippen LogP contribution in [0.2, 0.25) is 0 Å². The third kappa shape index (κ3) is 6.13. The van der Waals surface area contributed by atoms with Gasteiger partial charge in [0.05, 0.1) is 22.5 Å². The standard InChI is InChI=1S/C25H24F2N2O5S/c26-16-3-8-21-15(11-16)12-22(35-21)24(31)29-10-9-28-23(30)19-7-6-18(13-20(19)27)34-17-4-1-14(2-5-17)25(32)33/h3,6-8,11-14,17H,1-2,4-5,9-10H2,(H,28,30)(H,29,31)(H,32,33). The monoisotopic (exact) mass is 502 g/mol. The molecule has 184 valence electrons. The lowest BCUT2D eigenvalue weighted by Crippen LogP contribution is -2.34. The molecule has 1 aliphatic rings. The number of ether oxygens (including phenoxy) is 1. The molecule has 35 heavy (non-hydrogen) atoms. The number of halogens is 2. The van der Waals surface area contributed by atoms with E-state index in [4.69, 9.17) is 9.84 Å². The first-order valence-corrected chi connectivity index (χ1v) is 12.1. The Hall–Kier alpha value is -3.53. The molecule has 0 atom stereocenters. The summed E-state index contributed by atoms with van der Waals surface area (Å²) in [5.74, 6) is -2.96. The van der Waals surface area contributed by atoms with E-state index in [0.717, 1.165) is 10.8 Å². The molecule has 1 fully saturated rings. The Labute approximate surface area is 204 Å². The van der Waals surface area contributed by atoms with E-state index in [-0.39, 0.29) is 48.1 Å². The number of benzene rings is 2.